The third-order valence-corrected chi connectivity index (χ3v) is 2.57. The van der Waals surface area contributed by atoms with Gasteiger partial charge in [-0.1, -0.05) is 13.5 Å². The van der Waals surface area contributed by atoms with Crippen molar-refractivity contribution in [3.05, 3.63) is 24.1 Å². The zero-order valence-electron chi connectivity index (χ0n) is 11.2. The fraction of sp³-hybridized carbons (Fsp3) is 0.615. The summed E-state index contributed by atoms with van der Waals surface area (Å²) in [4.78, 5) is 13.1. The first-order chi connectivity index (χ1) is 8.51. The van der Waals surface area contributed by atoms with E-state index in [0.29, 0.717) is 17.9 Å². The highest BCUT2D eigenvalue weighted by molar-refractivity contribution is 5.81. The number of hydrogen-bond acceptors (Lipinski definition) is 4. The van der Waals surface area contributed by atoms with Gasteiger partial charge in [0.15, 0.2) is 12.8 Å². The molecule has 5 heteroatoms. The maximum absolute atomic E-state index is 11.8. The van der Waals surface area contributed by atoms with Gasteiger partial charge in [0.1, 0.15) is 5.76 Å². The van der Waals surface area contributed by atoms with Gasteiger partial charge >= 0.3 is 0 Å². The predicted molar refractivity (Wildman–Crippen MR) is 67.4 cm³/mol. The van der Waals surface area contributed by atoms with Crippen molar-refractivity contribution in [3.8, 4) is 0 Å². The fourth-order valence-electron chi connectivity index (χ4n) is 1.74. The average Bonchev–Trinajstić information content (AvgIpc) is 2.35. The molecule has 1 amide bonds. The van der Waals surface area contributed by atoms with E-state index in [2.05, 4.69) is 6.58 Å². The summed E-state index contributed by atoms with van der Waals surface area (Å²) in [5.41, 5.74) is 0.522. The molecule has 1 atom stereocenters. The Hall–Kier alpha value is -1.33. The minimum atomic E-state index is -1.02. The zero-order chi connectivity index (χ0) is 13.7. The standard InChI is InChI=1S/C13H21NO4/c1-5-10-11(6-2)18-8-13(16)14(10)12(15)7-17-9(3)4/h5,9,12,15H,1,6-8H2,2-4H3/t12-/m0/s1. The van der Waals surface area contributed by atoms with Gasteiger partial charge in [-0.05, 0) is 19.9 Å². The van der Waals surface area contributed by atoms with E-state index in [4.69, 9.17) is 9.47 Å². The Bertz CT molecular complexity index is 349. The minimum absolute atomic E-state index is 0.00222. The monoisotopic (exact) mass is 255 g/mol. The number of allylic oxidation sites excluding steroid dienone is 2. The van der Waals surface area contributed by atoms with Crippen molar-refractivity contribution in [2.45, 2.75) is 39.5 Å². The van der Waals surface area contributed by atoms with Crippen LogP contribution in [0.4, 0.5) is 0 Å². The lowest BCUT2D eigenvalue weighted by Crippen LogP contribution is -2.46. The summed E-state index contributed by atoms with van der Waals surface area (Å²) in [5.74, 6) is 0.371. The Morgan fingerprint density at radius 2 is 2.28 bits per heavy atom. The third kappa shape index (κ3) is 3.34. The second-order valence-corrected chi connectivity index (χ2v) is 4.28. The number of aliphatic hydroxyl groups excluding tert-OH is 1. The highest BCUT2D eigenvalue weighted by atomic mass is 16.5. The number of carbonyl (C=O) groups excluding carboxylic acids is 1. The van der Waals surface area contributed by atoms with E-state index in [-0.39, 0.29) is 25.2 Å². The molecule has 1 rings (SSSR count). The van der Waals surface area contributed by atoms with Crippen molar-refractivity contribution < 1.29 is 19.4 Å². The topological polar surface area (TPSA) is 59.0 Å². The van der Waals surface area contributed by atoms with Crippen LogP contribution < -0.4 is 0 Å². The molecule has 0 aromatic heterocycles. The average molecular weight is 255 g/mol. The summed E-state index contributed by atoms with van der Waals surface area (Å²) in [5, 5.41) is 10.1. The van der Waals surface area contributed by atoms with E-state index >= 15 is 0 Å². The van der Waals surface area contributed by atoms with Gasteiger partial charge in [-0.15, -0.1) is 0 Å². The molecule has 1 aliphatic heterocycles. The summed E-state index contributed by atoms with van der Waals surface area (Å²) in [6.45, 7) is 9.33. The molecule has 0 unspecified atom stereocenters. The first-order valence-electron chi connectivity index (χ1n) is 6.11. The molecule has 0 aliphatic carbocycles. The van der Waals surface area contributed by atoms with E-state index in [1.54, 1.807) is 0 Å². The van der Waals surface area contributed by atoms with Gasteiger partial charge in [-0.2, -0.15) is 0 Å². The largest absolute Gasteiger partial charge is 0.486 e. The second kappa shape index (κ2) is 6.56. The van der Waals surface area contributed by atoms with Crippen LogP contribution in [-0.4, -0.2) is 41.5 Å². The van der Waals surface area contributed by atoms with Gasteiger partial charge < -0.3 is 14.6 Å². The summed E-state index contributed by atoms with van der Waals surface area (Å²) < 4.78 is 10.6. The molecule has 0 saturated heterocycles. The van der Waals surface area contributed by atoms with E-state index in [9.17, 15) is 9.90 Å². The Kier molecular flexibility index (Phi) is 5.37. The molecule has 102 valence electrons. The number of rotatable bonds is 6. The number of nitrogens with zero attached hydrogens (tertiary/aromatic N) is 1. The van der Waals surface area contributed by atoms with E-state index in [1.165, 1.54) is 11.0 Å². The number of carbonyl (C=O) groups is 1. The van der Waals surface area contributed by atoms with Crippen LogP contribution in [0.2, 0.25) is 0 Å². The van der Waals surface area contributed by atoms with Gasteiger partial charge in [0, 0.05) is 6.42 Å². The third-order valence-electron chi connectivity index (χ3n) is 2.57. The second-order valence-electron chi connectivity index (χ2n) is 4.28. The van der Waals surface area contributed by atoms with Crippen molar-refractivity contribution in [1.82, 2.24) is 4.90 Å². The lowest BCUT2D eigenvalue weighted by atomic mass is 10.2. The van der Waals surface area contributed by atoms with E-state index < -0.39 is 6.23 Å². The number of hydrogen-bond donors (Lipinski definition) is 1. The molecular formula is C13H21NO4. The van der Waals surface area contributed by atoms with E-state index in [1.807, 2.05) is 20.8 Å². The lowest BCUT2D eigenvalue weighted by molar-refractivity contribution is -0.149. The molecule has 5 nitrogen and oxygen atoms in total. The first kappa shape index (κ1) is 14.7. The smallest absolute Gasteiger partial charge is 0.267 e. The zero-order valence-corrected chi connectivity index (χ0v) is 11.2. The molecule has 0 aromatic rings. The summed E-state index contributed by atoms with van der Waals surface area (Å²) in [7, 11) is 0. The van der Waals surface area contributed by atoms with Gasteiger partial charge in [-0.3, -0.25) is 9.69 Å². The molecule has 1 aliphatic rings. The Morgan fingerprint density at radius 3 is 2.78 bits per heavy atom. The lowest BCUT2D eigenvalue weighted by Gasteiger charge is -2.34. The highest BCUT2D eigenvalue weighted by Crippen LogP contribution is 2.23. The van der Waals surface area contributed by atoms with Crippen LogP contribution in [0.15, 0.2) is 24.1 Å². The maximum atomic E-state index is 11.8. The van der Waals surface area contributed by atoms with Crippen molar-refractivity contribution in [2.75, 3.05) is 13.2 Å². The number of aliphatic hydroxyl groups is 1. The van der Waals surface area contributed by atoms with Crippen LogP contribution in [0, 0.1) is 0 Å². The van der Waals surface area contributed by atoms with Crippen molar-refractivity contribution in [3.63, 3.8) is 0 Å². The van der Waals surface area contributed by atoms with Crippen molar-refractivity contribution in [2.24, 2.45) is 0 Å². The van der Waals surface area contributed by atoms with Crippen molar-refractivity contribution in [1.29, 1.82) is 0 Å². The predicted octanol–water partition coefficient (Wildman–Crippen LogP) is 1.40. The highest BCUT2D eigenvalue weighted by Gasteiger charge is 2.31. The molecule has 0 spiro atoms. The maximum Gasteiger partial charge on any atom is 0.267 e. The van der Waals surface area contributed by atoms with Crippen LogP contribution in [0.25, 0.3) is 0 Å². The molecule has 0 fully saturated rings. The first-order valence-corrected chi connectivity index (χ1v) is 6.11. The van der Waals surface area contributed by atoms with E-state index in [0.717, 1.165) is 0 Å². The van der Waals surface area contributed by atoms with Crippen LogP contribution in [0.5, 0.6) is 0 Å². The molecule has 0 radical (unpaired) electrons. The van der Waals surface area contributed by atoms with Gasteiger partial charge in [0.25, 0.3) is 5.91 Å². The summed E-state index contributed by atoms with van der Waals surface area (Å²) in [6.07, 6.45) is 1.15. The molecular weight excluding hydrogens is 234 g/mol. The molecule has 0 bridgehead atoms. The molecule has 18 heavy (non-hydrogen) atoms. The molecule has 1 N–H and O–H groups in total. The quantitative estimate of drug-likeness (QED) is 0.779. The molecule has 1 heterocycles. The Labute approximate surface area is 108 Å². The van der Waals surface area contributed by atoms with Gasteiger partial charge in [0.05, 0.1) is 18.4 Å². The SMILES string of the molecule is C=CC1=C(CC)OCC(=O)N1[C@@H](O)COC(C)C. The summed E-state index contributed by atoms with van der Waals surface area (Å²) >= 11 is 0. The van der Waals surface area contributed by atoms with Gasteiger partial charge in [0.2, 0.25) is 0 Å². The fourth-order valence-corrected chi connectivity index (χ4v) is 1.74. The van der Waals surface area contributed by atoms with Crippen LogP contribution in [0.3, 0.4) is 0 Å². The van der Waals surface area contributed by atoms with Crippen LogP contribution in [0.1, 0.15) is 27.2 Å². The van der Waals surface area contributed by atoms with Crippen LogP contribution >= 0.6 is 0 Å². The Morgan fingerprint density at radius 1 is 1.61 bits per heavy atom. The van der Waals surface area contributed by atoms with Crippen LogP contribution in [-0.2, 0) is 14.3 Å². The van der Waals surface area contributed by atoms with Crippen molar-refractivity contribution >= 4 is 5.91 Å². The molecule has 0 aromatic carbocycles. The normalized spacial score (nSPS) is 18.1. The molecule has 0 saturated carbocycles. The number of ether oxygens (including phenoxy) is 2. The summed E-state index contributed by atoms with van der Waals surface area (Å²) in [6, 6.07) is 0. The minimum Gasteiger partial charge on any atom is -0.486 e. The van der Waals surface area contributed by atoms with Gasteiger partial charge in [-0.25, -0.2) is 0 Å². The Balaban J connectivity index is 2.87. The number of amides is 1.